The van der Waals surface area contributed by atoms with Crippen LogP contribution in [0.3, 0.4) is 0 Å². The molecule has 2 nitrogen and oxygen atoms in total. The molecule has 0 amide bonds. The molecule has 0 heterocycles. The average Bonchev–Trinajstić information content (AvgIpc) is 2.48. The van der Waals surface area contributed by atoms with Crippen LogP contribution in [0.15, 0.2) is 36.4 Å². The van der Waals surface area contributed by atoms with Crippen molar-refractivity contribution in [2.75, 3.05) is 7.05 Å². The fraction of sp³-hybridized carbons (Fsp3) is 0.294. The average molecular weight is 324 g/mol. The Labute approximate surface area is 136 Å². The highest BCUT2D eigenvalue weighted by atomic mass is 35.5. The summed E-state index contributed by atoms with van der Waals surface area (Å²) >= 11 is 12.4. The molecule has 112 valence electrons. The lowest BCUT2D eigenvalue weighted by Crippen LogP contribution is -2.12. The molecular weight excluding hydrogens is 305 g/mol. The third-order valence-corrected chi connectivity index (χ3v) is 4.20. The highest BCUT2D eigenvalue weighted by Crippen LogP contribution is 2.31. The molecule has 0 aromatic heterocycles. The third kappa shape index (κ3) is 3.91. The van der Waals surface area contributed by atoms with E-state index in [2.05, 4.69) is 19.2 Å². The fourth-order valence-corrected chi connectivity index (χ4v) is 2.69. The number of hydrogen-bond donors (Lipinski definition) is 1. The topological polar surface area (TPSA) is 21.3 Å². The summed E-state index contributed by atoms with van der Waals surface area (Å²) in [6.45, 7) is 4.13. The Morgan fingerprint density at radius 1 is 1.05 bits per heavy atom. The molecular formula is C17H19Cl2NO. The van der Waals surface area contributed by atoms with Gasteiger partial charge < -0.3 is 10.1 Å². The minimum Gasteiger partial charge on any atom is -0.457 e. The van der Waals surface area contributed by atoms with Crippen molar-refractivity contribution < 1.29 is 4.74 Å². The highest BCUT2D eigenvalue weighted by Gasteiger charge is 2.09. The van der Waals surface area contributed by atoms with E-state index in [4.69, 9.17) is 27.9 Å². The van der Waals surface area contributed by atoms with E-state index in [9.17, 15) is 0 Å². The van der Waals surface area contributed by atoms with Gasteiger partial charge in [0.15, 0.2) is 0 Å². The van der Waals surface area contributed by atoms with E-state index in [0.29, 0.717) is 5.02 Å². The molecule has 0 bridgehead atoms. The molecule has 1 N–H and O–H groups in total. The Balaban J connectivity index is 2.22. The van der Waals surface area contributed by atoms with Crippen LogP contribution in [0.2, 0.25) is 10.0 Å². The van der Waals surface area contributed by atoms with E-state index < -0.39 is 0 Å². The lowest BCUT2D eigenvalue weighted by Gasteiger charge is -2.14. The monoisotopic (exact) mass is 323 g/mol. The van der Waals surface area contributed by atoms with Crippen LogP contribution in [0.4, 0.5) is 0 Å². The first-order valence-corrected chi connectivity index (χ1v) is 7.73. The molecule has 4 heteroatoms. The van der Waals surface area contributed by atoms with Crippen LogP contribution in [0.25, 0.3) is 0 Å². The minimum atomic E-state index is 0.203. The van der Waals surface area contributed by atoms with Crippen LogP contribution >= 0.6 is 23.2 Å². The maximum Gasteiger partial charge on any atom is 0.128 e. The number of aryl methyl sites for hydroxylation is 1. The Bertz CT molecular complexity index is 628. The number of hydrogen-bond acceptors (Lipinski definition) is 2. The van der Waals surface area contributed by atoms with Crippen LogP contribution in [0, 0.1) is 0 Å². The second kappa shape index (κ2) is 7.17. The van der Waals surface area contributed by atoms with Gasteiger partial charge in [-0.1, -0.05) is 36.2 Å². The third-order valence-electron chi connectivity index (χ3n) is 3.51. The van der Waals surface area contributed by atoms with E-state index in [-0.39, 0.29) is 6.04 Å². The summed E-state index contributed by atoms with van der Waals surface area (Å²) in [6, 6.07) is 11.6. The largest absolute Gasteiger partial charge is 0.457 e. The van der Waals surface area contributed by atoms with Crippen molar-refractivity contribution in [3.05, 3.63) is 57.6 Å². The first-order chi connectivity index (χ1) is 10.0. The predicted octanol–water partition coefficient (Wildman–Crippen LogP) is 5.63. The van der Waals surface area contributed by atoms with Crippen LogP contribution in [-0.4, -0.2) is 7.05 Å². The van der Waals surface area contributed by atoms with Crippen molar-refractivity contribution in [2.45, 2.75) is 26.3 Å². The zero-order chi connectivity index (χ0) is 15.4. The molecule has 0 radical (unpaired) electrons. The molecule has 2 aromatic carbocycles. The quantitative estimate of drug-likeness (QED) is 0.770. The SMILES string of the molecule is CCc1cc(Oc2ccc(C(C)NC)c(Cl)c2)ccc1Cl. The van der Waals surface area contributed by atoms with Crippen molar-refractivity contribution in [1.29, 1.82) is 0 Å². The van der Waals surface area contributed by atoms with Gasteiger partial charge in [0.1, 0.15) is 11.5 Å². The molecule has 0 aliphatic carbocycles. The Morgan fingerprint density at radius 3 is 2.33 bits per heavy atom. The van der Waals surface area contributed by atoms with Crippen LogP contribution in [-0.2, 0) is 6.42 Å². The second-order valence-corrected chi connectivity index (χ2v) is 5.72. The smallest absolute Gasteiger partial charge is 0.128 e. The number of benzene rings is 2. The van der Waals surface area contributed by atoms with Crippen molar-refractivity contribution in [3.63, 3.8) is 0 Å². The van der Waals surface area contributed by atoms with Gasteiger partial charge in [-0.15, -0.1) is 0 Å². The van der Waals surface area contributed by atoms with Crippen LogP contribution in [0.1, 0.15) is 31.0 Å². The van der Waals surface area contributed by atoms with Gasteiger partial charge in [-0.2, -0.15) is 0 Å². The lowest BCUT2D eigenvalue weighted by molar-refractivity contribution is 0.481. The van der Waals surface area contributed by atoms with Gasteiger partial charge >= 0.3 is 0 Å². The number of nitrogens with one attached hydrogen (secondary N) is 1. The molecule has 0 aliphatic rings. The van der Waals surface area contributed by atoms with Crippen molar-refractivity contribution in [3.8, 4) is 11.5 Å². The Hall–Kier alpha value is -1.22. The van der Waals surface area contributed by atoms with E-state index in [1.54, 1.807) is 0 Å². The van der Waals surface area contributed by atoms with Gasteiger partial charge in [0.2, 0.25) is 0 Å². The normalized spacial score (nSPS) is 12.2. The standard InChI is InChI=1S/C17H19Cl2NO/c1-4-12-9-13(6-8-16(12)18)21-14-5-7-15(11(2)20-3)17(19)10-14/h5-11,20H,4H2,1-3H3. The van der Waals surface area contributed by atoms with E-state index in [0.717, 1.165) is 34.1 Å². The van der Waals surface area contributed by atoms with Gasteiger partial charge in [0, 0.05) is 16.1 Å². The second-order valence-electron chi connectivity index (χ2n) is 4.90. The molecule has 2 aromatic rings. The zero-order valence-corrected chi connectivity index (χ0v) is 13.9. The van der Waals surface area contributed by atoms with Gasteiger partial charge in [-0.05, 0) is 61.9 Å². The number of ether oxygens (including phenoxy) is 1. The molecule has 2 rings (SSSR count). The summed E-state index contributed by atoms with van der Waals surface area (Å²) in [6.07, 6.45) is 0.870. The maximum atomic E-state index is 6.31. The lowest BCUT2D eigenvalue weighted by atomic mass is 10.1. The first-order valence-electron chi connectivity index (χ1n) is 6.98. The minimum absolute atomic E-state index is 0.203. The van der Waals surface area contributed by atoms with E-state index >= 15 is 0 Å². The zero-order valence-electron chi connectivity index (χ0n) is 12.4. The van der Waals surface area contributed by atoms with E-state index in [1.807, 2.05) is 43.4 Å². The number of halogens is 2. The molecule has 0 fully saturated rings. The summed E-state index contributed by atoms with van der Waals surface area (Å²) in [5, 5.41) is 4.63. The van der Waals surface area contributed by atoms with Gasteiger partial charge in [-0.25, -0.2) is 0 Å². The summed E-state index contributed by atoms with van der Waals surface area (Å²) in [5.74, 6) is 1.48. The van der Waals surface area contributed by atoms with Gasteiger partial charge in [0.25, 0.3) is 0 Å². The van der Waals surface area contributed by atoms with Gasteiger partial charge in [0.05, 0.1) is 0 Å². The van der Waals surface area contributed by atoms with Crippen LogP contribution < -0.4 is 10.1 Å². The molecule has 1 unspecified atom stereocenters. The van der Waals surface area contributed by atoms with Crippen molar-refractivity contribution >= 4 is 23.2 Å². The van der Waals surface area contributed by atoms with Crippen molar-refractivity contribution in [2.24, 2.45) is 0 Å². The Morgan fingerprint density at radius 2 is 1.71 bits per heavy atom. The summed E-state index contributed by atoms with van der Waals surface area (Å²) < 4.78 is 5.86. The highest BCUT2D eigenvalue weighted by molar-refractivity contribution is 6.31. The summed E-state index contributed by atoms with van der Waals surface area (Å²) in [5.41, 5.74) is 2.12. The molecule has 0 saturated heterocycles. The van der Waals surface area contributed by atoms with E-state index in [1.165, 1.54) is 0 Å². The molecule has 0 spiro atoms. The van der Waals surface area contributed by atoms with Crippen LogP contribution in [0.5, 0.6) is 11.5 Å². The summed E-state index contributed by atoms with van der Waals surface area (Å²) in [4.78, 5) is 0. The fourth-order valence-electron chi connectivity index (χ4n) is 2.10. The van der Waals surface area contributed by atoms with Gasteiger partial charge in [-0.3, -0.25) is 0 Å². The number of rotatable bonds is 5. The first kappa shape index (κ1) is 16.2. The maximum absolute atomic E-state index is 6.31. The predicted molar refractivity (Wildman–Crippen MR) is 89.8 cm³/mol. The van der Waals surface area contributed by atoms with Crippen molar-refractivity contribution in [1.82, 2.24) is 5.32 Å². The molecule has 21 heavy (non-hydrogen) atoms. The summed E-state index contributed by atoms with van der Waals surface area (Å²) in [7, 11) is 1.91. The molecule has 0 aliphatic heterocycles. The molecule has 0 saturated carbocycles. The molecule has 1 atom stereocenters. The Kier molecular flexibility index (Phi) is 5.51.